The van der Waals surface area contributed by atoms with E-state index >= 15 is 0 Å². The SMILES string of the molecule is O=c1c(Cl)c[nH]c2c(OCc3ccccc3)cccc12. The van der Waals surface area contributed by atoms with Gasteiger partial charge in [0, 0.05) is 6.20 Å². The summed E-state index contributed by atoms with van der Waals surface area (Å²) in [6, 6.07) is 15.2. The van der Waals surface area contributed by atoms with Crippen molar-refractivity contribution in [1.29, 1.82) is 0 Å². The van der Waals surface area contributed by atoms with Crippen molar-refractivity contribution in [1.82, 2.24) is 4.98 Å². The average molecular weight is 286 g/mol. The molecule has 2 aromatic carbocycles. The molecule has 0 amide bonds. The van der Waals surface area contributed by atoms with Crippen LogP contribution in [0.3, 0.4) is 0 Å². The largest absolute Gasteiger partial charge is 0.487 e. The topological polar surface area (TPSA) is 42.1 Å². The zero-order valence-electron chi connectivity index (χ0n) is 10.6. The van der Waals surface area contributed by atoms with E-state index in [0.717, 1.165) is 5.56 Å². The molecule has 0 fully saturated rings. The first-order valence-electron chi connectivity index (χ1n) is 6.22. The molecule has 3 aromatic rings. The summed E-state index contributed by atoms with van der Waals surface area (Å²) in [6.45, 7) is 0.449. The third-order valence-corrected chi connectivity index (χ3v) is 3.35. The molecule has 20 heavy (non-hydrogen) atoms. The van der Waals surface area contributed by atoms with Crippen molar-refractivity contribution < 1.29 is 4.74 Å². The highest BCUT2D eigenvalue weighted by Gasteiger charge is 2.07. The fourth-order valence-corrected chi connectivity index (χ4v) is 2.21. The van der Waals surface area contributed by atoms with Gasteiger partial charge < -0.3 is 9.72 Å². The minimum atomic E-state index is -0.189. The van der Waals surface area contributed by atoms with E-state index in [9.17, 15) is 4.79 Å². The van der Waals surface area contributed by atoms with E-state index in [2.05, 4.69) is 4.98 Å². The van der Waals surface area contributed by atoms with Crippen LogP contribution in [0.5, 0.6) is 5.75 Å². The van der Waals surface area contributed by atoms with Crippen LogP contribution in [0.2, 0.25) is 5.02 Å². The highest BCUT2D eigenvalue weighted by Crippen LogP contribution is 2.23. The van der Waals surface area contributed by atoms with Crippen molar-refractivity contribution in [2.24, 2.45) is 0 Å². The molecule has 0 aliphatic carbocycles. The third kappa shape index (κ3) is 2.40. The van der Waals surface area contributed by atoms with E-state index in [1.165, 1.54) is 6.20 Å². The molecule has 0 saturated heterocycles. The molecule has 1 N–H and O–H groups in total. The molecule has 1 heterocycles. The van der Waals surface area contributed by atoms with Gasteiger partial charge in [-0.05, 0) is 17.7 Å². The molecule has 3 nitrogen and oxygen atoms in total. The zero-order valence-corrected chi connectivity index (χ0v) is 11.4. The predicted octanol–water partition coefficient (Wildman–Crippen LogP) is 3.76. The van der Waals surface area contributed by atoms with Crippen LogP contribution in [0.15, 0.2) is 59.5 Å². The number of nitrogens with one attached hydrogen (secondary N) is 1. The molecule has 0 saturated carbocycles. The standard InChI is InChI=1S/C16H12ClNO2/c17-13-9-18-15-12(16(13)19)7-4-8-14(15)20-10-11-5-2-1-3-6-11/h1-9H,10H2,(H,18,19). The summed E-state index contributed by atoms with van der Waals surface area (Å²) in [4.78, 5) is 15.0. The minimum absolute atomic E-state index is 0.178. The molecule has 1 aromatic heterocycles. The molecule has 0 aliphatic heterocycles. The second-order valence-electron chi connectivity index (χ2n) is 4.42. The summed E-state index contributed by atoms with van der Waals surface area (Å²) in [7, 11) is 0. The zero-order chi connectivity index (χ0) is 13.9. The molecule has 3 rings (SSSR count). The summed E-state index contributed by atoms with van der Waals surface area (Å²) in [5, 5.41) is 0.709. The lowest BCUT2D eigenvalue weighted by Crippen LogP contribution is -2.04. The van der Waals surface area contributed by atoms with Crippen molar-refractivity contribution in [3.05, 3.63) is 75.5 Å². The van der Waals surface area contributed by atoms with Gasteiger partial charge in [0.2, 0.25) is 5.43 Å². The highest BCUT2D eigenvalue weighted by molar-refractivity contribution is 6.31. The number of halogens is 1. The predicted molar refractivity (Wildman–Crippen MR) is 80.4 cm³/mol. The average Bonchev–Trinajstić information content (AvgIpc) is 2.50. The first-order chi connectivity index (χ1) is 9.75. The lowest BCUT2D eigenvalue weighted by molar-refractivity contribution is 0.309. The molecule has 0 spiro atoms. The fourth-order valence-electron chi connectivity index (χ4n) is 2.05. The van der Waals surface area contributed by atoms with Crippen molar-refractivity contribution in [2.45, 2.75) is 6.61 Å². The second kappa shape index (κ2) is 5.39. The first kappa shape index (κ1) is 12.8. The minimum Gasteiger partial charge on any atom is -0.487 e. The Kier molecular flexibility index (Phi) is 3.44. The molecular weight excluding hydrogens is 274 g/mol. The van der Waals surface area contributed by atoms with E-state index in [4.69, 9.17) is 16.3 Å². The van der Waals surface area contributed by atoms with Gasteiger partial charge in [-0.25, -0.2) is 0 Å². The molecule has 100 valence electrons. The summed E-state index contributed by atoms with van der Waals surface area (Å²) >= 11 is 5.83. The summed E-state index contributed by atoms with van der Waals surface area (Å²) < 4.78 is 5.79. The van der Waals surface area contributed by atoms with Crippen LogP contribution in [0.4, 0.5) is 0 Å². The maximum atomic E-state index is 11.9. The maximum Gasteiger partial charge on any atom is 0.208 e. The van der Waals surface area contributed by atoms with Gasteiger partial charge in [-0.1, -0.05) is 48.0 Å². The molecule has 0 radical (unpaired) electrons. The van der Waals surface area contributed by atoms with Crippen molar-refractivity contribution in [3.8, 4) is 5.75 Å². The summed E-state index contributed by atoms with van der Waals surface area (Å²) in [5.74, 6) is 0.639. The highest BCUT2D eigenvalue weighted by atomic mass is 35.5. The number of ether oxygens (including phenoxy) is 1. The number of hydrogen-bond acceptors (Lipinski definition) is 2. The van der Waals surface area contributed by atoms with Gasteiger partial charge in [0.15, 0.2) is 0 Å². The molecule has 0 unspecified atom stereocenters. The summed E-state index contributed by atoms with van der Waals surface area (Å²) in [5.41, 5.74) is 1.55. The second-order valence-corrected chi connectivity index (χ2v) is 4.83. The number of hydrogen-bond donors (Lipinski definition) is 1. The van der Waals surface area contributed by atoms with Gasteiger partial charge in [0.05, 0.1) is 10.9 Å². The Morgan fingerprint density at radius 2 is 1.85 bits per heavy atom. The Labute approximate surface area is 120 Å². The van der Waals surface area contributed by atoms with E-state index in [-0.39, 0.29) is 10.5 Å². The first-order valence-corrected chi connectivity index (χ1v) is 6.60. The fraction of sp³-hybridized carbons (Fsp3) is 0.0625. The van der Waals surface area contributed by atoms with Gasteiger partial charge in [-0.3, -0.25) is 4.79 Å². The summed E-state index contributed by atoms with van der Waals surface area (Å²) in [6.07, 6.45) is 1.49. The quantitative estimate of drug-likeness (QED) is 0.796. The maximum absolute atomic E-state index is 11.9. The number of H-pyrrole nitrogens is 1. The van der Waals surface area contributed by atoms with Gasteiger partial charge in [0.25, 0.3) is 0 Å². The van der Waals surface area contributed by atoms with Gasteiger partial charge in [-0.2, -0.15) is 0 Å². The molecule has 4 heteroatoms. The third-order valence-electron chi connectivity index (χ3n) is 3.07. The number of para-hydroxylation sites is 1. The van der Waals surface area contributed by atoms with E-state index in [1.807, 2.05) is 36.4 Å². The number of fused-ring (bicyclic) bond motifs is 1. The number of rotatable bonds is 3. The van der Waals surface area contributed by atoms with Gasteiger partial charge >= 0.3 is 0 Å². The number of benzene rings is 2. The van der Waals surface area contributed by atoms with Crippen molar-refractivity contribution >= 4 is 22.5 Å². The molecule has 0 atom stereocenters. The number of aromatic nitrogens is 1. The lowest BCUT2D eigenvalue weighted by Gasteiger charge is -2.09. The monoisotopic (exact) mass is 285 g/mol. The van der Waals surface area contributed by atoms with Crippen molar-refractivity contribution in [2.75, 3.05) is 0 Å². The Morgan fingerprint density at radius 3 is 2.65 bits per heavy atom. The normalized spacial score (nSPS) is 10.7. The van der Waals surface area contributed by atoms with Crippen LogP contribution in [0, 0.1) is 0 Å². The molecular formula is C16H12ClNO2. The Balaban J connectivity index is 1.96. The van der Waals surface area contributed by atoms with E-state index in [0.29, 0.717) is 23.3 Å². The Morgan fingerprint density at radius 1 is 1.05 bits per heavy atom. The van der Waals surface area contributed by atoms with Gasteiger partial charge in [0.1, 0.15) is 17.4 Å². The van der Waals surface area contributed by atoms with Crippen LogP contribution in [0.1, 0.15) is 5.56 Å². The van der Waals surface area contributed by atoms with Crippen LogP contribution in [-0.2, 0) is 6.61 Å². The lowest BCUT2D eigenvalue weighted by atomic mass is 10.2. The molecule has 0 aliphatic rings. The van der Waals surface area contributed by atoms with E-state index in [1.54, 1.807) is 12.1 Å². The Bertz CT molecular complexity index is 796. The van der Waals surface area contributed by atoms with Crippen LogP contribution < -0.4 is 10.2 Å². The van der Waals surface area contributed by atoms with Gasteiger partial charge in [-0.15, -0.1) is 0 Å². The van der Waals surface area contributed by atoms with Crippen molar-refractivity contribution in [3.63, 3.8) is 0 Å². The van der Waals surface area contributed by atoms with Crippen LogP contribution in [-0.4, -0.2) is 4.98 Å². The Hall–Kier alpha value is -2.26. The number of pyridine rings is 1. The molecule has 0 bridgehead atoms. The number of aromatic amines is 1. The van der Waals surface area contributed by atoms with Crippen LogP contribution in [0.25, 0.3) is 10.9 Å². The van der Waals surface area contributed by atoms with E-state index < -0.39 is 0 Å². The van der Waals surface area contributed by atoms with Crippen LogP contribution >= 0.6 is 11.6 Å². The smallest absolute Gasteiger partial charge is 0.208 e.